The zero-order chi connectivity index (χ0) is 24.4. The monoisotopic (exact) mass is 480 g/mol. The summed E-state index contributed by atoms with van der Waals surface area (Å²) in [5, 5.41) is 11.3. The zero-order valence-corrected chi connectivity index (χ0v) is 19.6. The third-order valence-corrected chi connectivity index (χ3v) is 6.43. The summed E-state index contributed by atoms with van der Waals surface area (Å²) in [5.74, 6) is 0.0782. The molecular formula is C26H28N2O7. The first-order valence-electron chi connectivity index (χ1n) is 11.8. The van der Waals surface area contributed by atoms with Crippen LogP contribution in [-0.4, -0.2) is 79.4 Å². The summed E-state index contributed by atoms with van der Waals surface area (Å²) in [7, 11) is 0. The van der Waals surface area contributed by atoms with E-state index in [0.717, 1.165) is 13.1 Å². The van der Waals surface area contributed by atoms with E-state index in [2.05, 4.69) is 4.90 Å². The molecule has 184 valence electrons. The first kappa shape index (κ1) is 23.2. The summed E-state index contributed by atoms with van der Waals surface area (Å²) < 4.78 is 21.9. The van der Waals surface area contributed by atoms with Crippen molar-refractivity contribution in [2.45, 2.75) is 13.0 Å². The molecule has 9 heteroatoms. The fraction of sp³-hybridized carbons (Fsp3) is 0.385. The number of carbonyl (C=O) groups excluding carboxylic acids is 2. The van der Waals surface area contributed by atoms with Crippen LogP contribution < -0.4 is 14.2 Å². The molecule has 9 nitrogen and oxygen atoms in total. The molecule has 0 radical (unpaired) electrons. The fourth-order valence-electron chi connectivity index (χ4n) is 4.67. The highest BCUT2D eigenvalue weighted by Crippen LogP contribution is 2.42. The minimum Gasteiger partial charge on any atom is -0.507 e. The minimum absolute atomic E-state index is 0.0458. The highest BCUT2D eigenvalue weighted by molar-refractivity contribution is 6.46. The number of Topliss-reactive ketones (excluding diaryl/α,β-unsaturated/α-hetero) is 1. The molecule has 3 aliphatic heterocycles. The van der Waals surface area contributed by atoms with E-state index < -0.39 is 17.7 Å². The van der Waals surface area contributed by atoms with Crippen LogP contribution in [0.5, 0.6) is 17.2 Å². The Kier molecular flexibility index (Phi) is 6.61. The molecule has 2 fully saturated rings. The van der Waals surface area contributed by atoms with Crippen molar-refractivity contribution in [3.05, 3.63) is 59.2 Å². The van der Waals surface area contributed by atoms with Crippen LogP contribution in [0.1, 0.15) is 24.1 Å². The van der Waals surface area contributed by atoms with Crippen LogP contribution in [-0.2, 0) is 14.3 Å². The maximum absolute atomic E-state index is 13.3. The van der Waals surface area contributed by atoms with Gasteiger partial charge in [-0.2, -0.15) is 0 Å². The van der Waals surface area contributed by atoms with Gasteiger partial charge in [-0.15, -0.1) is 0 Å². The van der Waals surface area contributed by atoms with Crippen LogP contribution >= 0.6 is 0 Å². The van der Waals surface area contributed by atoms with Crippen molar-refractivity contribution >= 4 is 17.4 Å². The van der Waals surface area contributed by atoms with Gasteiger partial charge < -0.3 is 29.0 Å². The number of benzene rings is 2. The SMILES string of the molecule is CCOc1cccc(C2/C(=C(\O)c3ccc4c(c3)OCO4)C(=O)C(=O)N2CCN2CCOCC2)c1. The van der Waals surface area contributed by atoms with Crippen LogP contribution in [0.3, 0.4) is 0 Å². The van der Waals surface area contributed by atoms with Gasteiger partial charge in [0.15, 0.2) is 11.5 Å². The minimum atomic E-state index is -0.748. The number of aliphatic hydroxyl groups is 1. The number of morpholine rings is 1. The third kappa shape index (κ3) is 4.56. The number of likely N-dealkylation sites (tertiary alicyclic amines) is 1. The Morgan fingerprint density at radius 1 is 1.06 bits per heavy atom. The number of rotatable bonds is 7. The molecule has 3 aliphatic rings. The van der Waals surface area contributed by atoms with Crippen molar-refractivity contribution in [3.63, 3.8) is 0 Å². The molecule has 0 aromatic heterocycles. The maximum Gasteiger partial charge on any atom is 0.295 e. The topological polar surface area (TPSA) is 97.8 Å². The predicted octanol–water partition coefficient (Wildman–Crippen LogP) is 2.57. The Morgan fingerprint density at radius 3 is 2.66 bits per heavy atom. The highest BCUT2D eigenvalue weighted by atomic mass is 16.7. The lowest BCUT2D eigenvalue weighted by atomic mass is 9.95. The zero-order valence-electron chi connectivity index (χ0n) is 19.6. The molecule has 2 aromatic carbocycles. The average Bonchev–Trinajstić information content (AvgIpc) is 3.45. The van der Waals surface area contributed by atoms with Gasteiger partial charge >= 0.3 is 0 Å². The molecule has 0 saturated carbocycles. The fourth-order valence-corrected chi connectivity index (χ4v) is 4.67. The Labute approximate surface area is 203 Å². The van der Waals surface area contributed by atoms with Crippen molar-refractivity contribution < 1.29 is 33.6 Å². The second kappa shape index (κ2) is 9.97. The quantitative estimate of drug-likeness (QED) is 0.367. The van der Waals surface area contributed by atoms with Gasteiger partial charge in [0.1, 0.15) is 11.5 Å². The van der Waals surface area contributed by atoms with Gasteiger partial charge in [0.25, 0.3) is 11.7 Å². The van der Waals surface area contributed by atoms with Gasteiger partial charge in [-0.05, 0) is 42.8 Å². The summed E-state index contributed by atoms with van der Waals surface area (Å²) in [5.41, 5.74) is 1.12. The van der Waals surface area contributed by atoms with E-state index in [1.807, 2.05) is 31.2 Å². The number of ketones is 1. The van der Waals surface area contributed by atoms with Gasteiger partial charge in [0.05, 0.1) is 31.4 Å². The van der Waals surface area contributed by atoms with Gasteiger partial charge in [-0.25, -0.2) is 0 Å². The summed E-state index contributed by atoms with van der Waals surface area (Å²) >= 11 is 0. The molecule has 2 saturated heterocycles. The third-order valence-electron chi connectivity index (χ3n) is 6.43. The lowest BCUT2D eigenvalue weighted by Gasteiger charge is -2.31. The van der Waals surface area contributed by atoms with Crippen molar-refractivity contribution in [2.24, 2.45) is 0 Å². The Bertz CT molecular complexity index is 1160. The molecule has 5 rings (SSSR count). The number of amides is 1. The largest absolute Gasteiger partial charge is 0.507 e. The molecule has 0 spiro atoms. The van der Waals surface area contributed by atoms with E-state index in [0.29, 0.717) is 61.3 Å². The van der Waals surface area contributed by atoms with E-state index in [9.17, 15) is 14.7 Å². The van der Waals surface area contributed by atoms with E-state index >= 15 is 0 Å². The summed E-state index contributed by atoms with van der Waals surface area (Å²) in [4.78, 5) is 30.2. The maximum atomic E-state index is 13.3. The van der Waals surface area contributed by atoms with Crippen molar-refractivity contribution in [2.75, 3.05) is 52.8 Å². The molecular weight excluding hydrogens is 452 g/mol. The molecule has 1 unspecified atom stereocenters. The molecule has 1 atom stereocenters. The molecule has 0 aliphatic carbocycles. The van der Waals surface area contributed by atoms with E-state index in [4.69, 9.17) is 18.9 Å². The number of hydrogen-bond acceptors (Lipinski definition) is 8. The molecule has 1 N–H and O–H groups in total. The first-order chi connectivity index (χ1) is 17.1. The Morgan fingerprint density at radius 2 is 1.86 bits per heavy atom. The van der Waals surface area contributed by atoms with Gasteiger partial charge in [-0.3, -0.25) is 14.5 Å². The second-order valence-corrected chi connectivity index (χ2v) is 8.52. The first-order valence-corrected chi connectivity index (χ1v) is 11.8. The Hall–Kier alpha value is -3.56. The van der Waals surface area contributed by atoms with Crippen LogP contribution in [0.2, 0.25) is 0 Å². The van der Waals surface area contributed by atoms with Gasteiger partial charge in [-0.1, -0.05) is 12.1 Å². The van der Waals surface area contributed by atoms with Crippen molar-refractivity contribution in [1.29, 1.82) is 0 Å². The number of fused-ring (bicyclic) bond motifs is 1. The van der Waals surface area contributed by atoms with Crippen molar-refractivity contribution in [1.82, 2.24) is 9.80 Å². The standard InChI is InChI=1S/C26H28N2O7/c1-2-33-19-5-3-4-17(14-19)23-22(24(29)18-6-7-20-21(15-18)35-16-34-20)25(30)26(31)28(23)9-8-27-10-12-32-13-11-27/h3-7,14-15,23,29H,2,8-13,16H2,1H3/b24-22+. The average molecular weight is 481 g/mol. The summed E-state index contributed by atoms with van der Waals surface area (Å²) in [6, 6.07) is 11.5. The molecule has 3 heterocycles. The molecule has 2 aromatic rings. The van der Waals surface area contributed by atoms with E-state index in [1.54, 1.807) is 23.1 Å². The normalized spacial score (nSPS) is 21.5. The van der Waals surface area contributed by atoms with Crippen LogP contribution in [0.25, 0.3) is 5.76 Å². The molecule has 1 amide bonds. The predicted molar refractivity (Wildman–Crippen MR) is 126 cm³/mol. The number of carbonyl (C=O) groups is 2. The number of nitrogens with zero attached hydrogens (tertiary/aromatic N) is 2. The second-order valence-electron chi connectivity index (χ2n) is 8.52. The summed E-state index contributed by atoms with van der Waals surface area (Å²) in [6.45, 7) is 6.23. The molecule has 0 bridgehead atoms. The van der Waals surface area contributed by atoms with Gasteiger partial charge in [0, 0.05) is 31.7 Å². The molecule has 35 heavy (non-hydrogen) atoms. The highest BCUT2D eigenvalue weighted by Gasteiger charge is 2.46. The van der Waals surface area contributed by atoms with E-state index in [1.165, 1.54) is 0 Å². The number of hydrogen-bond donors (Lipinski definition) is 1. The lowest BCUT2D eigenvalue weighted by molar-refractivity contribution is -0.140. The summed E-state index contributed by atoms with van der Waals surface area (Å²) in [6.07, 6.45) is 0. The van der Waals surface area contributed by atoms with Gasteiger partial charge in [0.2, 0.25) is 6.79 Å². The van der Waals surface area contributed by atoms with E-state index in [-0.39, 0.29) is 18.1 Å². The van der Waals surface area contributed by atoms with Crippen LogP contribution in [0.15, 0.2) is 48.0 Å². The lowest BCUT2D eigenvalue weighted by Crippen LogP contribution is -2.42. The smallest absolute Gasteiger partial charge is 0.295 e. The Balaban J connectivity index is 1.54. The van der Waals surface area contributed by atoms with Crippen LogP contribution in [0.4, 0.5) is 0 Å². The van der Waals surface area contributed by atoms with Crippen LogP contribution in [0, 0.1) is 0 Å². The number of aliphatic hydroxyl groups excluding tert-OH is 1. The van der Waals surface area contributed by atoms with Crippen molar-refractivity contribution in [3.8, 4) is 17.2 Å². The number of ether oxygens (including phenoxy) is 4.